The summed E-state index contributed by atoms with van der Waals surface area (Å²) in [7, 11) is 2.81. The van der Waals surface area contributed by atoms with Crippen molar-refractivity contribution >= 4 is 24.3 Å². The molecular formula is C15H16N4O5S. The van der Waals surface area contributed by atoms with Crippen molar-refractivity contribution in [1.29, 1.82) is 0 Å². The Kier molecular flexibility index (Phi) is 5.90. The molecule has 10 heteroatoms. The molecule has 1 amide bonds. The van der Waals surface area contributed by atoms with Crippen LogP contribution in [0.15, 0.2) is 28.1 Å². The normalized spacial score (nSPS) is 10.6. The summed E-state index contributed by atoms with van der Waals surface area (Å²) in [6, 6.07) is 4.30. The lowest BCUT2D eigenvalue weighted by atomic mass is 10.2. The van der Waals surface area contributed by atoms with Gasteiger partial charge in [-0.25, -0.2) is 5.43 Å². The maximum atomic E-state index is 11.8. The SMILES string of the molecule is COc1cc(/C=N/NC(=O)Cc2cc(=O)[nH]c(=S)[nH]2)cc(OC)c1O. The first-order chi connectivity index (χ1) is 11.9. The van der Waals surface area contributed by atoms with E-state index in [-0.39, 0.29) is 28.4 Å². The lowest BCUT2D eigenvalue weighted by Gasteiger charge is -2.09. The van der Waals surface area contributed by atoms with Crippen molar-refractivity contribution in [3.63, 3.8) is 0 Å². The van der Waals surface area contributed by atoms with Crippen LogP contribution in [-0.2, 0) is 11.2 Å². The Hall–Kier alpha value is -3.14. The van der Waals surface area contributed by atoms with E-state index in [0.29, 0.717) is 11.3 Å². The number of carbonyl (C=O) groups excluding carboxylic acids is 1. The van der Waals surface area contributed by atoms with E-state index < -0.39 is 11.5 Å². The van der Waals surface area contributed by atoms with Crippen molar-refractivity contribution in [3.05, 3.63) is 44.6 Å². The van der Waals surface area contributed by atoms with Crippen LogP contribution < -0.4 is 20.5 Å². The molecule has 132 valence electrons. The second-order valence-corrected chi connectivity index (χ2v) is 5.27. The minimum Gasteiger partial charge on any atom is -0.502 e. The molecule has 0 saturated heterocycles. The molecule has 2 rings (SSSR count). The molecule has 0 bridgehead atoms. The highest BCUT2D eigenvalue weighted by Gasteiger charge is 2.10. The van der Waals surface area contributed by atoms with E-state index in [2.05, 4.69) is 20.5 Å². The number of hydrazone groups is 1. The number of amides is 1. The van der Waals surface area contributed by atoms with Crippen LogP contribution in [0, 0.1) is 4.77 Å². The molecule has 4 N–H and O–H groups in total. The molecule has 0 aliphatic heterocycles. The Morgan fingerprint density at radius 3 is 2.48 bits per heavy atom. The first kappa shape index (κ1) is 18.2. The van der Waals surface area contributed by atoms with Crippen molar-refractivity contribution in [1.82, 2.24) is 15.4 Å². The Balaban J connectivity index is 2.06. The molecule has 0 radical (unpaired) electrons. The van der Waals surface area contributed by atoms with Gasteiger partial charge in [-0.2, -0.15) is 5.10 Å². The zero-order valence-electron chi connectivity index (χ0n) is 13.5. The standard InChI is InChI=1S/C15H16N4O5S/c1-23-10-3-8(4-11(24-2)14(10)22)7-16-19-13(21)6-9-5-12(20)18-15(25)17-9/h3-5,7,22H,6H2,1-2H3,(H,19,21)(H2,17,18,20,25)/b16-7+. The average Bonchev–Trinajstić information content (AvgIpc) is 2.55. The van der Waals surface area contributed by atoms with Crippen LogP contribution in [0.4, 0.5) is 0 Å². The van der Waals surface area contributed by atoms with E-state index in [9.17, 15) is 14.7 Å². The van der Waals surface area contributed by atoms with E-state index in [0.717, 1.165) is 0 Å². The van der Waals surface area contributed by atoms with Gasteiger partial charge in [0.15, 0.2) is 16.3 Å². The van der Waals surface area contributed by atoms with Gasteiger partial charge in [-0.05, 0) is 24.4 Å². The van der Waals surface area contributed by atoms with Gasteiger partial charge in [0.1, 0.15) is 0 Å². The van der Waals surface area contributed by atoms with Gasteiger partial charge in [0.25, 0.3) is 5.56 Å². The van der Waals surface area contributed by atoms with E-state index in [1.54, 1.807) is 0 Å². The van der Waals surface area contributed by atoms with Crippen molar-refractivity contribution in [2.75, 3.05) is 14.2 Å². The molecule has 1 heterocycles. The summed E-state index contributed by atoms with van der Waals surface area (Å²) in [5.41, 5.74) is 2.85. The number of nitrogens with one attached hydrogen (secondary N) is 3. The number of ether oxygens (including phenoxy) is 2. The molecule has 25 heavy (non-hydrogen) atoms. The average molecular weight is 364 g/mol. The Morgan fingerprint density at radius 2 is 1.92 bits per heavy atom. The van der Waals surface area contributed by atoms with E-state index >= 15 is 0 Å². The molecule has 0 unspecified atom stereocenters. The highest BCUT2D eigenvalue weighted by atomic mass is 32.1. The number of phenols is 1. The van der Waals surface area contributed by atoms with Gasteiger partial charge >= 0.3 is 0 Å². The van der Waals surface area contributed by atoms with Gasteiger partial charge in [0, 0.05) is 17.3 Å². The fourth-order valence-corrected chi connectivity index (χ4v) is 2.23. The molecule has 0 fully saturated rings. The molecule has 2 aromatic rings. The van der Waals surface area contributed by atoms with Crippen molar-refractivity contribution in [2.45, 2.75) is 6.42 Å². The van der Waals surface area contributed by atoms with Crippen molar-refractivity contribution in [3.8, 4) is 17.2 Å². The van der Waals surface area contributed by atoms with Crippen LogP contribution in [-0.4, -0.2) is 41.4 Å². The van der Waals surface area contributed by atoms with Gasteiger partial charge in [0.2, 0.25) is 11.7 Å². The van der Waals surface area contributed by atoms with Crippen LogP contribution in [0.5, 0.6) is 17.2 Å². The summed E-state index contributed by atoms with van der Waals surface area (Å²) in [5, 5.41) is 13.7. The summed E-state index contributed by atoms with van der Waals surface area (Å²) in [6.07, 6.45) is 1.27. The minimum atomic E-state index is -0.440. The molecule has 1 aromatic heterocycles. The summed E-state index contributed by atoms with van der Waals surface area (Å²) in [6.45, 7) is 0. The smallest absolute Gasteiger partial charge is 0.251 e. The van der Waals surface area contributed by atoms with Gasteiger partial charge < -0.3 is 19.6 Å². The summed E-state index contributed by atoms with van der Waals surface area (Å²) in [4.78, 5) is 28.2. The number of methoxy groups -OCH3 is 2. The molecule has 9 nitrogen and oxygen atoms in total. The first-order valence-electron chi connectivity index (χ1n) is 7.02. The van der Waals surface area contributed by atoms with E-state index in [1.165, 1.54) is 38.6 Å². The number of aromatic nitrogens is 2. The Bertz CT molecular complexity index is 865. The number of rotatable bonds is 6. The van der Waals surface area contributed by atoms with Crippen LogP contribution in [0.1, 0.15) is 11.3 Å². The number of hydrogen-bond acceptors (Lipinski definition) is 7. The number of hydrogen-bond donors (Lipinski definition) is 4. The van der Waals surface area contributed by atoms with Gasteiger partial charge in [-0.1, -0.05) is 0 Å². The third-order valence-corrected chi connectivity index (χ3v) is 3.28. The fraction of sp³-hybridized carbons (Fsp3) is 0.200. The third-order valence-electron chi connectivity index (χ3n) is 3.07. The predicted molar refractivity (Wildman–Crippen MR) is 92.9 cm³/mol. The second-order valence-electron chi connectivity index (χ2n) is 4.86. The largest absolute Gasteiger partial charge is 0.502 e. The quantitative estimate of drug-likeness (QED) is 0.342. The van der Waals surface area contributed by atoms with Crippen LogP contribution >= 0.6 is 12.2 Å². The monoisotopic (exact) mass is 364 g/mol. The lowest BCUT2D eigenvalue weighted by Crippen LogP contribution is -2.21. The Labute approximate surface area is 147 Å². The number of H-pyrrole nitrogens is 2. The van der Waals surface area contributed by atoms with Crippen molar-refractivity contribution < 1.29 is 19.4 Å². The number of nitrogens with zero attached hydrogens (tertiary/aromatic N) is 1. The highest BCUT2D eigenvalue weighted by molar-refractivity contribution is 7.71. The number of aromatic hydroxyl groups is 1. The summed E-state index contributed by atoms with van der Waals surface area (Å²) >= 11 is 4.83. The van der Waals surface area contributed by atoms with Gasteiger partial charge in [0.05, 0.1) is 26.9 Å². The third kappa shape index (κ3) is 4.91. The van der Waals surface area contributed by atoms with Gasteiger partial charge in [-0.3, -0.25) is 14.6 Å². The molecular weight excluding hydrogens is 348 g/mol. The lowest BCUT2D eigenvalue weighted by molar-refractivity contribution is -0.120. The minimum absolute atomic E-state index is 0.0902. The van der Waals surface area contributed by atoms with Crippen molar-refractivity contribution in [2.24, 2.45) is 5.10 Å². The molecule has 0 atom stereocenters. The highest BCUT2D eigenvalue weighted by Crippen LogP contribution is 2.36. The first-order valence-corrected chi connectivity index (χ1v) is 7.43. The number of benzene rings is 1. The number of phenolic OH excluding ortho intramolecular Hbond substituents is 1. The molecule has 0 aliphatic carbocycles. The summed E-state index contributed by atoms with van der Waals surface area (Å²) in [5.74, 6) is -0.146. The maximum Gasteiger partial charge on any atom is 0.251 e. The molecule has 0 spiro atoms. The number of aromatic amines is 2. The topological polar surface area (TPSA) is 129 Å². The van der Waals surface area contributed by atoms with Crippen LogP contribution in [0.3, 0.4) is 0 Å². The predicted octanol–water partition coefficient (Wildman–Crippen LogP) is 0.848. The van der Waals surface area contributed by atoms with E-state index in [1.807, 2.05) is 0 Å². The number of carbonyl (C=O) groups is 1. The fourth-order valence-electron chi connectivity index (χ4n) is 1.99. The zero-order chi connectivity index (χ0) is 18.4. The maximum absolute atomic E-state index is 11.8. The van der Waals surface area contributed by atoms with Crippen LogP contribution in [0.2, 0.25) is 0 Å². The molecule has 0 saturated carbocycles. The second kappa shape index (κ2) is 8.11. The molecule has 1 aromatic carbocycles. The van der Waals surface area contributed by atoms with Crippen LogP contribution in [0.25, 0.3) is 0 Å². The molecule has 0 aliphatic rings. The van der Waals surface area contributed by atoms with Gasteiger partial charge in [-0.15, -0.1) is 0 Å². The Morgan fingerprint density at radius 1 is 1.28 bits per heavy atom. The summed E-state index contributed by atoms with van der Waals surface area (Å²) < 4.78 is 10.2. The van der Waals surface area contributed by atoms with E-state index in [4.69, 9.17) is 21.7 Å². The zero-order valence-corrected chi connectivity index (χ0v) is 14.3.